The minimum absolute atomic E-state index is 0.0647. The Morgan fingerprint density at radius 2 is 2.22 bits per heavy atom. The number of nitrogens with zero attached hydrogens (tertiary/aromatic N) is 5. The number of aromatic nitrogens is 5. The van der Waals surface area contributed by atoms with Crippen molar-refractivity contribution in [1.82, 2.24) is 29.0 Å². The highest BCUT2D eigenvalue weighted by molar-refractivity contribution is 7.89. The molecule has 98 valence electrons. The van der Waals surface area contributed by atoms with Gasteiger partial charge in [0.15, 0.2) is 0 Å². The van der Waals surface area contributed by atoms with Crippen molar-refractivity contribution in [1.29, 1.82) is 0 Å². The Hall–Kier alpha value is -1.45. The van der Waals surface area contributed by atoms with Crippen LogP contribution >= 0.6 is 11.6 Å². The topological polar surface area (TPSA) is 96.8 Å². The Bertz CT molecular complexity index is 635. The molecule has 2 aromatic heterocycles. The lowest BCUT2D eigenvalue weighted by atomic mass is 10.6. The number of nitrogens with one attached hydrogen (secondary N) is 1. The summed E-state index contributed by atoms with van der Waals surface area (Å²) in [4.78, 5) is 7.65. The van der Waals surface area contributed by atoms with Gasteiger partial charge in [-0.2, -0.15) is 9.40 Å². The predicted octanol–water partition coefficient (Wildman–Crippen LogP) is 0.0123. The Morgan fingerprint density at radius 1 is 1.50 bits per heavy atom. The van der Waals surface area contributed by atoms with Crippen LogP contribution < -0.4 is 0 Å². The molecule has 0 saturated heterocycles. The summed E-state index contributed by atoms with van der Waals surface area (Å²) in [5.74, 6) is 0.438. The van der Waals surface area contributed by atoms with Crippen molar-refractivity contribution in [3.63, 3.8) is 0 Å². The van der Waals surface area contributed by atoms with Crippen LogP contribution in [-0.2, 0) is 23.6 Å². The van der Waals surface area contributed by atoms with Crippen LogP contribution in [0.2, 0.25) is 5.15 Å². The van der Waals surface area contributed by atoms with E-state index in [1.165, 1.54) is 24.3 Å². The minimum Gasteiger partial charge on any atom is -0.324 e. The van der Waals surface area contributed by atoms with Crippen LogP contribution in [0.4, 0.5) is 0 Å². The fourth-order valence-corrected chi connectivity index (χ4v) is 2.83. The number of aryl methyl sites for hydroxylation is 1. The molecule has 1 N–H and O–H groups in total. The zero-order chi connectivity index (χ0) is 13.3. The molecule has 8 nitrogen and oxygen atoms in total. The lowest BCUT2D eigenvalue weighted by molar-refractivity contribution is 0.455. The van der Waals surface area contributed by atoms with Gasteiger partial charge < -0.3 is 4.57 Å². The Kier molecular flexibility index (Phi) is 3.37. The van der Waals surface area contributed by atoms with Crippen molar-refractivity contribution in [3.05, 3.63) is 23.6 Å². The monoisotopic (exact) mass is 290 g/mol. The molecule has 18 heavy (non-hydrogen) atoms. The van der Waals surface area contributed by atoms with Crippen LogP contribution in [0.3, 0.4) is 0 Å². The van der Waals surface area contributed by atoms with Crippen LogP contribution in [0, 0.1) is 0 Å². The van der Waals surface area contributed by atoms with Crippen LogP contribution in [-0.4, -0.2) is 44.5 Å². The van der Waals surface area contributed by atoms with Gasteiger partial charge >= 0.3 is 0 Å². The fraction of sp³-hybridized carbons (Fsp3) is 0.375. The average Bonchev–Trinajstić information content (AvgIpc) is 2.91. The molecule has 0 bridgehead atoms. The zero-order valence-electron chi connectivity index (χ0n) is 9.70. The lowest BCUT2D eigenvalue weighted by Gasteiger charge is -2.14. The average molecular weight is 291 g/mol. The summed E-state index contributed by atoms with van der Waals surface area (Å²) in [7, 11) is -0.708. The van der Waals surface area contributed by atoms with E-state index in [-0.39, 0.29) is 16.7 Å². The molecule has 0 aliphatic carbocycles. The number of imidazole rings is 1. The minimum atomic E-state index is -3.74. The van der Waals surface area contributed by atoms with Crippen molar-refractivity contribution in [2.45, 2.75) is 11.6 Å². The normalized spacial score (nSPS) is 12.2. The molecule has 2 heterocycles. The Labute approximate surface area is 109 Å². The molecule has 10 heteroatoms. The van der Waals surface area contributed by atoms with Crippen LogP contribution in [0.1, 0.15) is 5.82 Å². The molecule has 0 spiro atoms. The van der Waals surface area contributed by atoms with E-state index in [2.05, 4.69) is 20.2 Å². The standard InChI is InChI=1S/C8H11ClN6O2S/c1-14-5-11-8(7(14)9)18(16,17)15(2)3-6-10-4-12-13-6/h4-5H,3H2,1-2H3,(H,10,12,13). The third kappa shape index (κ3) is 2.24. The molecular formula is C8H11ClN6O2S. The van der Waals surface area contributed by atoms with Gasteiger partial charge in [0.05, 0.1) is 12.9 Å². The molecule has 0 amide bonds. The molecule has 0 aliphatic heterocycles. The van der Waals surface area contributed by atoms with Crippen molar-refractivity contribution in [2.24, 2.45) is 7.05 Å². The predicted molar refractivity (Wildman–Crippen MR) is 63.3 cm³/mol. The highest BCUT2D eigenvalue weighted by Crippen LogP contribution is 2.22. The van der Waals surface area contributed by atoms with Crippen molar-refractivity contribution in [3.8, 4) is 0 Å². The summed E-state index contributed by atoms with van der Waals surface area (Å²) in [5.41, 5.74) is 0. The summed E-state index contributed by atoms with van der Waals surface area (Å²) >= 11 is 5.88. The van der Waals surface area contributed by atoms with Gasteiger partial charge in [-0.3, -0.25) is 5.10 Å². The van der Waals surface area contributed by atoms with E-state index in [1.807, 2.05) is 0 Å². The van der Waals surface area contributed by atoms with Gasteiger partial charge in [0.2, 0.25) is 5.03 Å². The van der Waals surface area contributed by atoms with Gasteiger partial charge in [-0.15, -0.1) is 0 Å². The Morgan fingerprint density at radius 3 is 2.72 bits per heavy atom. The number of hydrogen-bond acceptors (Lipinski definition) is 5. The molecule has 0 atom stereocenters. The second-order valence-corrected chi connectivity index (χ2v) is 5.96. The summed E-state index contributed by atoms with van der Waals surface area (Å²) in [5, 5.41) is 6.13. The van der Waals surface area contributed by atoms with Gasteiger partial charge in [0, 0.05) is 14.1 Å². The summed E-state index contributed by atoms with van der Waals surface area (Å²) in [6.07, 6.45) is 2.65. The highest BCUT2D eigenvalue weighted by atomic mass is 35.5. The SMILES string of the molecule is CN(Cc1ncn[nH]1)S(=O)(=O)c1ncn(C)c1Cl. The second-order valence-electron chi connectivity index (χ2n) is 3.64. The first kappa shape index (κ1) is 13.0. The lowest BCUT2D eigenvalue weighted by Crippen LogP contribution is -2.27. The first-order chi connectivity index (χ1) is 8.43. The number of sulfonamides is 1. The summed E-state index contributed by atoms with van der Waals surface area (Å²) in [6.45, 7) is 0.0647. The number of rotatable bonds is 4. The van der Waals surface area contributed by atoms with Crippen molar-refractivity contribution in [2.75, 3.05) is 7.05 Å². The molecule has 0 saturated carbocycles. The van der Waals surface area contributed by atoms with Gasteiger partial charge in [0.25, 0.3) is 10.0 Å². The molecule has 2 rings (SSSR count). The maximum atomic E-state index is 12.2. The van der Waals surface area contributed by atoms with E-state index in [0.717, 1.165) is 4.31 Å². The van der Waals surface area contributed by atoms with Crippen LogP contribution in [0.25, 0.3) is 0 Å². The zero-order valence-corrected chi connectivity index (χ0v) is 11.3. The smallest absolute Gasteiger partial charge is 0.263 e. The van der Waals surface area contributed by atoms with Crippen LogP contribution in [0.5, 0.6) is 0 Å². The maximum absolute atomic E-state index is 12.2. The Balaban J connectivity index is 2.28. The van der Waals surface area contributed by atoms with E-state index in [1.54, 1.807) is 7.05 Å². The van der Waals surface area contributed by atoms with E-state index in [4.69, 9.17) is 11.6 Å². The number of halogens is 1. The highest BCUT2D eigenvalue weighted by Gasteiger charge is 2.27. The molecular weight excluding hydrogens is 280 g/mol. The number of hydrogen-bond donors (Lipinski definition) is 1. The van der Waals surface area contributed by atoms with Gasteiger partial charge in [-0.25, -0.2) is 18.4 Å². The third-order valence-corrected chi connectivity index (χ3v) is 4.62. The quantitative estimate of drug-likeness (QED) is 0.856. The second kappa shape index (κ2) is 4.67. The fourth-order valence-electron chi connectivity index (χ4n) is 1.32. The maximum Gasteiger partial charge on any atom is 0.263 e. The van der Waals surface area contributed by atoms with Crippen molar-refractivity contribution < 1.29 is 8.42 Å². The molecule has 0 fully saturated rings. The molecule has 0 unspecified atom stereocenters. The first-order valence-electron chi connectivity index (χ1n) is 4.90. The number of H-pyrrole nitrogens is 1. The van der Waals surface area contributed by atoms with Gasteiger partial charge in [-0.1, -0.05) is 11.6 Å². The third-order valence-electron chi connectivity index (χ3n) is 2.33. The first-order valence-corrected chi connectivity index (χ1v) is 6.72. The molecule has 2 aromatic rings. The number of aromatic amines is 1. The van der Waals surface area contributed by atoms with Crippen molar-refractivity contribution >= 4 is 21.6 Å². The summed E-state index contributed by atoms with van der Waals surface area (Å²) in [6, 6.07) is 0. The largest absolute Gasteiger partial charge is 0.324 e. The molecule has 0 radical (unpaired) electrons. The van der Waals surface area contributed by atoms with E-state index in [9.17, 15) is 8.42 Å². The van der Waals surface area contributed by atoms with Gasteiger partial charge in [0.1, 0.15) is 17.3 Å². The van der Waals surface area contributed by atoms with E-state index < -0.39 is 10.0 Å². The van der Waals surface area contributed by atoms with E-state index >= 15 is 0 Å². The van der Waals surface area contributed by atoms with Gasteiger partial charge in [-0.05, 0) is 0 Å². The molecule has 0 aliphatic rings. The summed E-state index contributed by atoms with van der Waals surface area (Å²) < 4.78 is 26.9. The van der Waals surface area contributed by atoms with Crippen LogP contribution in [0.15, 0.2) is 17.7 Å². The van der Waals surface area contributed by atoms with E-state index in [0.29, 0.717) is 5.82 Å². The molecule has 0 aromatic carbocycles.